The van der Waals surface area contributed by atoms with E-state index in [4.69, 9.17) is 9.84 Å². The summed E-state index contributed by atoms with van der Waals surface area (Å²) in [5.74, 6) is -0.878. The molecule has 2 amide bonds. The molecule has 184 valence electrons. The Morgan fingerprint density at radius 3 is 2.44 bits per heavy atom. The highest BCUT2D eigenvalue weighted by Gasteiger charge is 2.25. The molecule has 2 aromatic rings. The second kappa shape index (κ2) is 11.7. The maximum Gasteiger partial charge on any atom is 0.341 e. The summed E-state index contributed by atoms with van der Waals surface area (Å²) in [5, 5.41) is 14.4. The van der Waals surface area contributed by atoms with E-state index in [0.29, 0.717) is 23.4 Å². The van der Waals surface area contributed by atoms with Gasteiger partial charge in [0.25, 0.3) is 0 Å². The van der Waals surface area contributed by atoms with Gasteiger partial charge in [-0.3, -0.25) is 0 Å². The summed E-state index contributed by atoms with van der Waals surface area (Å²) >= 11 is 0. The molecule has 3 N–H and O–H groups in total. The summed E-state index contributed by atoms with van der Waals surface area (Å²) in [6, 6.07) is 9.55. The van der Waals surface area contributed by atoms with E-state index in [1.807, 2.05) is 6.07 Å². The van der Waals surface area contributed by atoms with Crippen LogP contribution in [0.4, 0.5) is 26.2 Å². The van der Waals surface area contributed by atoms with E-state index in [2.05, 4.69) is 29.4 Å². The lowest BCUT2D eigenvalue weighted by Gasteiger charge is -2.38. The van der Waals surface area contributed by atoms with Crippen LogP contribution in [0.3, 0.4) is 0 Å². The lowest BCUT2D eigenvalue weighted by atomic mass is 9.93. The molecular formula is C26H34FN3O4. The Bertz CT molecular complexity index is 1010. The van der Waals surface area contributed by atoms with Crippen molar-refractivity contribution >= 4 is 29.1 Å². The van der Waals surface area contributed by atoms with Crippen LogP contribution >= 0.6 is 0 Å². The maximum absolute atomic E-state index is 14.3. The monoisotopic (exact) mass is 471 g/mol. The highest BCUT2D eigenvalue weighted by Crippen LogP contribution is 2.36. The molecule has 3 rings (SSSR count). The lowest BCUT2D eigenvalue weighted by molar-refractivity contribution is -0.139. The first kappa shape index (κ1) is 25.3. The number of urea groups is 1. The van der Waals surface area contributed by atoms with E-state index in [-0.39, 0.29) is 5.69 Å². The molecule has 1 aliphatic carbocycles. The minimum absolute atomic E-state index is 0.0780. The van der Waals surface area contributed by atoms with Crippen LogP contribution < -0.4 is 20.3 Å². The number of carboxylic acid groups (broad SMARTS) is 1. The lowest BCUT2D eigenvalue weighted by Crippen LogP contribution is -2.40. The number of anilines is 3. The summed E-state index contributed by atoms with van der Waals surface area (Å²) in [6.45, 7) is 6.40. The molecule has 0 spiro atoms. The van der Waals surface area contributed by atoms with Gasteiger partial charge in [0.15, 0.2) is 6.61 Å². The Hall–Kier alpha value is -3.29. The van der Waals surface area contributed by atoms with Crippen molar-refractivity contribution in [1.29, 1.82) is 0 Å². The minimum atomic E-state index is -1.09. The average Bonchev–Trinajstić information content (AvgIpc) is 2.79. The van der Waals surface area contributed by atoms with Crippen molar-refractivity contribution in [3.05, 3.63) is 47.8 Å². The molecule has 0 saturated heterocycles. The molecule has 0 aromatic heterocycles. The van der Waals surface area contributed by atoms with E-state index in [1.165, 1.54) is 18.6 Å². The van der Waals surface area contributed by atoms with Crippen molar-refractivity contribution in [3.8, 4) is 5.75 Å². The van der Waals surface area contributed by atoms with Crippen molar-refractivity contribution < 1.29 is 23.8 Å². The molecule has 0 heterocycles. The van der Waals surface area contributed by atoms with Crippen LogP contribution in [-0.2, 0) is 4.79 Å². The van der Waals surface area contributed by atoms with Gasteiger partial charge < -0.3 is 25.4 Å². The van der Waals surface area contributed by atoms with Gasteiger partial charge in [-0.2, -0.15) is 0 Å². The van der Waals surface area contributed by atoms with Crippen LogP contribution in [0.1, 0.15) is 51.5 Å². The second-order valence-corrected chi connectivity index (χ2v) is 9.26. The number of ether oxygens (including phenoxy) is 1. The summed E-state index contributed by atoms with van der Waals surface area (Å²) in [7, 11) is 0. The van der Waals surface area contributed by atoms with Crippen LogP contribution in [0.2, 0.25) is 0 Å². The van der Waals surface area contributed by atoms with Gasteiger partial charge in [-0.05, 0) is 55.5 Å². The number of carbonyl (C=O) groups is 2. The number of halogens is 1. The molecule has 0 unspecified atom stereocenters. The van der Waals surface area contributed by atoms with Crippen LogP contribution in [0, 0.1) is 18.7 Å². The zero-order valence-electron chi connectivity index (χ0n) is 20.1. The number of carboxylic acids is 1. The minimum Gasteiger partial charge on any atom is -0.482 e. The van der Waals surface area contributed by atoms with Gasteiger partial charge in [0.1, 0.15) is 11.6 Å². The van der Waals surface area contributed by atoms with Gasteiger partial charge in [0.05, 0.1) is 17.1 Å². The third kappa shape index (κ3) is 7.10. The van der Waals surface area contributed by atoms with Crippen LogP contribution in [0.25, 0.3) is 0 Å². The predicted octanol–water partition coefficient (Wildman–Crippen LogP) is 6.04. The first-order valence-corrected chi connectivity index (χ1v) is 11.8. The van der Waals surface area contributed by atoms with Crippen molar-refractivity contribution in [1.82, 2.24) is 0 Å². The zero-order chi connectivity index (χ0) is 24.7. The van der Waals surface area contributed by atoms with Gasteiger partial charge >= 0.3 is 12.0 Å². The van der Waals surface area contributed by atoms with Crippen molar-refractivity contribution in [2.24, 2.45) is 5.92 Å². The highest BCUT2D eigenvalue weighted by atomic mass is 19.1. The Morgan fingerprint density at radius 1 is 1.09 bits per heavy atom. The molecule has 1 saturated carbocycles. The summed E-state index contributed by atoms with van der Waals surface area (Å²) in [6.07, 6.45) is 5.70. The molecule has 8 heteroatoms. The number of hydrogen-bond donors (Lipinski definition) is 3. The Labute approximate surface area is 200 Å². The fourth-order valence-electron chi connectivity index (χ4n) is 4.33. The summed E-state index contributed by atoms with van der Waals surface area (Å²) in [5.41, 5.74) is 2.15. The molecule has 34 heavy (non-hydrogen) atoms. The Morgan fingerprint density at radius 2 is 1.79 bits per heavy atom. The highest BCUT2D eigenvalue weighted by molar-refractivity contribution is 6.02. The molecule has 0 atom stereocenters. The van der Waals surface area contributed by atoms with E-state index in [9.17, 15) is 14.0 Å². The van der Waals surface area contributed by atoms with E-state index in [0.717, 1.165) is 43.5 Å². The summed E-state index contributed by atoms with van der Waals surface area (Å²) in [4.78, 5) is 26.1. The number of nitrogens with zero attached hydrogens (tertiary/aromatic N) is 1. The third-order valence-corrected chi connectivity index (χ3v) is 5.84. The summed E-state index contributed by atoms with van der Waals surface area (Å²) < 4.78 is 19.6. The fraction of sp³-hybridized carbons (Fsp3) is 0.462. The number of aliphatic carboxylic acids is 1. The topological polar surface area (TPSA) is 90.9 Å². The molecule has 1 aliphatic rings. The Balaban J connectivity index is 1.90. The predicted molar refractivity (Wildman–Crippen MR) is 132 cm³/mol. The number of benzene rings is 2. The molecule has 0 radical (unpaired) electrons. The number of nitrogens with one attached hydrogen (secondary N) is 2. The SMILES string of the molecule is Cc1ccc(NC(=O)Nc2cc(OCC(=O)O)ccc2N(CC(C)C)C2CCCCC2)c(F)c1. The van der Waals surface area contributed by atoms with Crippen molar-refractivity contribution in [3.63, 3.8) is 0 Å². The van der Waals surface area contributed by atoms with Crippen LogP contribution in [0.5, 0.6) is 5.75 Å². The van der Waals surface area contributed by atoms with E-state index < -0.39 is 24.4 Å². The van der Waals surface area contributed by atoms with Gasteiger partial charge in [-0.1, -0.05) is 39.2 Å². The molecule has 0 bridgehead atoms. The van der Waals surface area contributed by atoms with Crippen molar-refractivity contribution in [2.75, 3.05) is 28.7 Å². The molecule has 1 fully saturated rings. The zero-order valence-corrected chi connectivity index (χ0v) is 20.1. The third-order valence-electron chi connectivity index (χ3n) is 5.84. The standard InChI is InChI=1S/C26H34FN3O4/c1-17(2)15-30(19-7-5-4-6-8-19)24-12-10-20(34-16-25(31)32)14-23(24)29-26(33)28-22-11-9-18(3)13-21(22)27/h9-14,17,19H,4-8,15-16H2,1-3H3,(H,31,32)(H2,28,29,33). The number of aryl methyl sites for hydroxylation is 1. The largest absolute Gasteiger partial charge is 0.482 e. The first-order valence-electron chi connectivity index (χ1n) is 11.8. The number of carbonyl (C=O) groups excluding carboxylic acids is 1. The van der Waals surface area contributed by atoms with Crippen molar-refractivity contribution in [2.45, 2.75) is 58.9 Å². The normalized spacial score (nSPS) is 14.0. The van der Waals surface area contributed by atoms with Gasteiger partial charge in [0.2, 0.25) is 0 Å². The van der Waals surface area contributed by atoms with E-state index in [1.54, 1.807) is 25.1 Å². The van der Waals surface area contributed by atoms with Gasteiger partial charge in [-0.15, -0.1) is 0 Å². The molecule has 7 nitrogen and oxygen atoms in total. The quantitative estimate of drug-likeness (QED) is 0.415. The fourth-order valence-corrected chi connectivity index (χ4v) is 4.33. The number of rotatable bonds is 9. The second-order valence-electron chi connectivity index (χ2n) is 9.26. The smallest absolute Gasteiger partial charge is 0.341 e. The first-order chi connectivity index (χ1) is 16.2. The molecule has 0 aliphatic heterocycles. The average molecular weight is 472 g/mol. The molecule has 2 aromatic carbocycles. The number of hydrogen-bond acceptors (Lipinski definition) is 4. The van der Waals surface area contributed by atoms with Crippen LogP contribution in [0.15, 0.2) is 36.4 Å². The Kier molecular flexibility index (Phi) is 8.73. The van der Waals surface area contributed by atoms with Gasteiger partial charge in [0, 0.05) is 18.7 Å². The van der Waals surface area contributed by atoms with Gasteiger partial charge in [-0.25, -0.2) is 14.0 Å². The maximum atomic E-state index is 14.3. The molecular weight excluding hydrogens is 437 g/mol. The van der Waals surface area contributed by atoms with Crippen LogP contribution in [-0.4, -0.2) is 36.3 Å². The van der Waals surface area contributed by atoms with E-state index >= 15 is 0 Å². The number of amides is 2.